The quantitative estimate of drug-likeness (QED) is 0.481. The van der Waals surface area contributed by atoms with Crippen molar-refractivity contribution in [2.45, 2.75) is 25.4 Å². The van der Waals surface area contributed by atoms with E-state index in [1.54, 1.807) is 12.1 Å². The van der Waals surface area contributed by atoms with Gasteiger partial charge in [-0.25, -0.2) is 9.18 Å². The van der Waals surface area contributed by atoms with Gasteiger partial charge in [-0.05, 0) is 25.0 Å². The summed E-state index contributed by atoms with van der Waals surface area (Å²) in [7, 11) is 0. The van der Waals surface area contributed by atoms with Crippen molar-refractivity contribution in [2.24, 2.45) is 0 Å². The molecule has 2 aliphatic rings. The van der Waals surface area contributed by atoms with Crippen LogP contribution >= 0.6 is 0 Å². The summed E-state index contributed by atoms with van der Waals surface area (Å²) in [5, 5.41) is 20.4. The molecule has 2 aromatic heterocycles. The summed E-state index contributed by atoms with van der Waals surface area (Å²) >= 11 is 0. The predicted molar refractivity (Wildman–Crippen MR) is 124 cm³/mol. The van der Waals surface area contributed by atoms with Crippen molar-refractivity contribution < 1.29 is 18.7 Å². The maximum atomic E-state index is 15.1. The summed E-state index contributed by atoms with van der Waals surface area (Å²) in [5.41, 5.74) is -0.000291. The number of nitrogens with zero attached hydrogens (tertiary/aromatic N) is 5. The molecule has 10 nitrogen and oxygen atoms in total. The molecule has 0 atom stereocenters. The van der Waals surface area contributed by atoms with Crippen LogP contribution in [0.2, 0.25) is 0 Å². The number of hydrogen-bond acceptors (Lipinski definition) is 8. The zero-order valence-corrected chi connectivity index (χ0v) is 18.5. The first kappa shape index (κ1) is 22.1. The Balaban J connectivity index is 1.34. The molecule has 1 saturated carbocycles. The Kier molecular flexibility index (Phi) is 5.78. The third kappa shape index (κ3) is 4.26. The highest BCUT2D eigenvalue weighted by Gasteiger charge is 2.28. The number of hydrogen-bond donors (Lipinski definition) is 2. The van der Waals surface area contributed by atoms with Gasteiger partial charge < -0.3 is 24.3 Å². The Morgan fingerprint density at radius 2 is 2.03 bits per heavy atom. The van der Waals surface area contributed by atoms with E-state index in [0.29, 0.717) is 62.4 Å². The van der Waals surface area contributed by atoms with Crippen LogP contribution in [0.4, 0.5) is 16.1 Å². The van der Waals surface area contributed by atoms with Crippen molar-refractivity contribution in [1.82, 2.24) is 19.7 Å². The molecule has 2 fully saturated rings. The second kappa shape index (κ2) is 8.90. The molecule has 2 N–H and O–H groups in total. The lowest BCUT2D eigenvalue weighted by Gasteiger charge is -2.35. The van der Waals surface area contributed by atoms with Gasteiger partial charge in [-0.3, -0.25) is 9.69 Å². The Labute approximate surface area is 194 Å². The number of halogens is 1. The Bertz CT molecular complexity index is 1310. The summed E-state index contributed by atoms with van der Waals surface area (Å²) in [6.07, 6.45) is 4.91. The van der Waals surface area contributed by atoms with Crippen LogP contribution in [0, 0.1) is 5.82 Å². The van der Waals surface area contributed by atoms with Gasteiger partial charge in [0.15, 0.2) is 0 Å². The van der Waals surface area contributed by atoms with Crippen LogP contribution in [0.5, 0.6) is 0 Å². The van der Waals surface area contributed by atoms with E-state index in [9.17, 15) is 14.7 Å². The average molecular weight is 468 g/mol. The van der Waals surface area contributed by atoms with Gasteiger partial charge >= 0.3 is 12.0 Å². The minimum absolute atomic E-state index is 0.101. The molecule has 1 aliphatic heterocycles. The van der Waals surface area contributed by atoms with Crippen molar-refractivity contribution >= 4 is 28.6 Å². The smallest absolute Gasteiger partial charge is 0.341 e. The van der Waals surface area contributed by atoms with Crippen LogP contribution in [0.25, 0.3) is 10.9 Å². The topological polar surface area (TPSA) is 117 Å². The van der Waals surface area contributed by atoms with Gasteiger partial charge in [0.1, 0.15) is 11.4 Å². The Hall–Kier alpha value is -3.73. The molecule has 11 heteroatoms. The fourth-order valence-corrected chi connectivity index (χ4v) is 4.29. The summed E-state index contributed by atoms with van der Waals surface area (Å²) in [6, 6.07) is 3.35. The van der Waals surface area contributed by atoms with E-state index >= 15 is 4.39 Å². The van der Waals surface area contributed by atoms with Crippen LogP contribution in [-0.4, -0.2) is 63.5 Å². The van der Waals surface area contributed by atoms with Gasteiger partial charge in [0, 0.05) is 50.3 Å². The van der Waals surface area contributed by atoms with E-state index in [1.807, 2.05) is 9.47 Å². The number of pyridine rings is 1. The SMILES string of the molecule is C=CCNc1nnc(CN2CCN(c3cc4c(cc3F)c(=O)c(C(=O)O)cn4C3CC3)CC2)o1. The molecule has 0 amide bonds. The van der Waals surface area contributed by atoms with E-state index in [1.165, 1.54) is 12.3 Å². The van der Waals surface area contributed by atoms with Crippen molar-refractivity contribution in [1.29, 1.82) is 0 Å². The molecule has 3 heterocycles. The van der Waals surface area contributed by atoms with E-state index in [4.69, 9.17) is 4.42 Å². The monoisotopic (exact) mass is 468 g/mol. The maximum absolute atomic E-state index is 15.1. The number of fused-ring (bicyclic) bond motifs is 1. The standard InChI is InChI=1S/C23H25FN6O4/c1-2-5-25-23-27-26-20(34-23)13-28-6-8-29(9-7-28)19-11-18-15(10-17(19)24)21(31)16(22(32)33)12-30(18)14-3-4-14/h2,10-12,14H,1,3-9,13H2,(H,25,27)(H,32,33). The van der Waals surface area contributed by atoms with Gasteiger partial charge in [0.05, 0.1) is 17.7 Å². The summed E-state index contributed by atoms with van der Waals surface area (Å²) in [4.78, 5) is 28.3. The number of carbonyl (C=O) groups is 1. The first-order valence-corrected chi connectivity index (χ1v) is 11.2. The molecular weight excluding hydrogens is 443 g/mol. The van der Waals surface area contributed by atoms with Crippen LogP contribution in [-0.2, 0) is 6.54 Å². The van der Waals surface area contributed by atoms with Gasteiger partial charge in [0.25, 0.3) is 0 Å². The molecule has 1 saturated heterocycles. The van der Waals surface area contributed by atoms with Crippen LogP contribution in [0.15, 0.2) is 40.2 Å². The predicted octanol–water partition coefficient (Wildman–Crippen LogP) is 2.48. The minimum atomic E-state index is -1.30. The summed E-state index contributed by atoms with van der Waals surface area (Å²) in [6.45, 7) is 7.16. The van der Waals surface area contributed by atoms with Crippen molar-refractivity contribution in [3.63, 3.8) is 0 Å². The molecule has 5 rings (SSSR count). The van der Waals surface area contributed by atoms with Crippen LogP contribution < -0.4 is 15.6 Å². The molecule has 178 valence electrons. The molecular formula is C23H25FN6O4. The number of carboxylic acid groups (broad SMARTS) is 1. The van der Waals surface area contributed by atoms with Gasteiger partial charge in [-0.1, -0.05) is 11.2 Å². The highest BCUT2D eigenvalue weighted by molar-refractivity contribution is 5.93. The number of carboxylic acids is 1. The lowest BCUT2D eigenvalue weighted by molar-refractivity contribution is 0.0695. The fraction of sp³-hybridized carbons (Fsp3) is 0.391. The largest absolute Gasteiger partial charge is 0.477 e. The number of aromatic nitrogens is 3. The van der Waals surface area contributed by atoms with Crippen molar-refractivity contribution in [3.8, 4) is 0 Å². The third-order valence-electron chi connectivity index (χ3n) is 6.21. The maximum Gasteiger partial charge on any atom is 0.341 e. The summed E-state index contributed by atoms with van der Waals surface area (Å²) in [5.74, 6) is -1.33. The van der Waals surface area contributed by atoms with Gasteiger partial charge in [-0.2, -0.15) is 0 Å². The van der Waals surface area contributed by atoms with Gasteiger partial charge in [0.2, 0.25) is 11.3 Å². The molecule has 0 bridgehead atoms. The summed E-state index contributed by atoms with van der Waals surface area (Å²) < 4.78 is 22.5. The lowest BCUT2D eigenvalue weighted by Crippen LogP contribution is -2.46. The van der Waals surface area contributed by atoms with Crippen LogP contribution in [0.1, 0.15) is 35.1 Å². The number of piperazine rings is 1. The van der Waals surface area contributed by atoms with E-state index in [2.05, 4.69) is 27.0 Å². The Morgan fingerprint density at radius 3 is 2.71 bits per heavy atom. The zero-order chi connectivity index (χ0) is 23.8. The highest BCUT2D eigenvalue weighted by atomic mass is 19.1. The molecule has 34 heavy (non-hydrogen) atoms. The van der Waals surface area contributed by atoms with E-state index < -0.39 is 17.2 Å². The molecule has 0 unspecified atom stereocenters. The minimum Gasteiger partial charge on any atom is -0.477 e. The first-order chi connectivity index (χ1) is 16.4. The second-order valence-electron chi connectivity index (χ2n) is 8.57. The zero-order valence-electron chi connectivity index (χ0n) is 18.5. The first-order valence-electron chi connectivity index (χ1n) is 11.2. The van der Waals surface area contributed by atoms with Gasteiger partial charge in [-0.15, -0.1) is 11.7 Å². The van der Waals surface area contributed by atoms with E-state index in [0.717, 1.165) is 12.8 Å². The number of aromatic carboxylic acids is 1. The number of anilines is 2. The molecule has 0 radical (unpaired) electrons. The number of benzene rings is 1. The van der Waals surface area contributed by atoms with Crippen molar-refractivity contribution in [3.05, 3.63) is 58.5 Å². The average Bonchev–Trinajstić information content (AvgIpc) is 3.57. The molecule has 0 spiro atoms. The number of rotatable bonds is 8. The lowest BCUT2D eigenvalue weighted by atomic mass is 10.1. The van der Waals surface area contributed by atoms with Crippen molar-refractivity contribution in [2.75, 3.05) is 42.9 Å². The molecule has 1 aromatic carbocycles. The highest BCUT2D eigenvalue weighted by Crippen LogP contribution is 2.38. The normalized spacial score (nSPS) is 16.7. The van der Waals surface area contributed by atoms with Crippen LogP contribution in [0.3, 0.4) is 0 Å². The molecule has 1 aliphatic carbocycles. The number of nitrogens with one attached hydrogen (secondary N) is 1. The second-order valence-corrected chi connectivity index (χ2v) is 8.57. The molecule has 3 aromatic rings. The third-order valence-corrected chi connectivity index (χ3v) is 6.21. The fourth-order valence-electron chi connectivity index (χ4n) is 4.29. The Morgan fingerprint density at radius 1 is 1.26 bits per heavy atom. The van der Waals surface area contributed by atoms with E-state index in [-0.39, 0.29) is 17.0 Å².